The topological polar surface area (TPSA) is 64.7 Å². The third-order valence-electron chi connectivity index (χ3n) is 2.24. The molecule has 0 fully saturated rings. The van der Waals surface area contributed by atoms with Gasteiger partial charge >= 0.3 is 0 Å². The first kappa shape index (κ1) is 10.4. The van der Waals surface area contributed by atoms with Crippen molar-refractivity contribution in [2.45, 2.75) is 6.42 Å². The molecule has 15 heavy (non-hydrogen) atoms. The van der Waals surface area contributed by atoms with Gasteiger partial charge in [0.15, 0.2) is 11.5 Å². The molecule has 5 heteroatoms. The van der Waals surface area contributed by atoms with Gasteiger partial charge in [0.05, 0.1) is 0 Å². The zero-order valence-electron chi connectivity index (χ0n) is 8.12. The molecule has 0 saturated carbocycles. The van der Waals surface area contributed by atoms with Crippen molar-refractivity contribution in [3.63, 3.8) is 0 Å². The Morgan fingerprint density at radius 2 is 2.13 bits per heavy atom. The number of benzene rings is 1. The lowest BCUT2D eigenvalue weighted by atomic mass is 10.1. The van der Waals surface area contributed by atoms with Gasteiger partial charge in [0.2, 0.25) is 0 Å². The van der Waals surface area contributed by atoms with Crippen LogP contribution in [0.15, 0.2) is 6.07 Å². The van der Waals surface area contributed by atoms with E-state index in [2.05, 4.69) is 0 Å². The summed E-state index contributed by atoms with van der Waals surface area (Å²) in [4.78, 5) is 0. The predicted octanol–water partition coefficient (Wildman–Crippen LogP) is 1.32. The van der Waals surface area contributed by atoms with Crippen LogP contribution in [0.1, 0.15) is 5.56 Å². The highest BCUT2D eigenvalue weighted by atomic mass is 35.5. The maximum Gasteiger partial charge on any atom is 0.183 e. The van der Waals surface area contributed by atoms with Crippen LogP contribution in [0, 0.1) is 0 Å². The van der Waals surface area contributed by atoms with Crippen molar-refractivity contribution in [2.75, 3.05) is 19.8 Å². The van der Waals surface area contributed by atoms with E-state index in [-0.39, 0.29) is 10.8 Å². The smallest absolute Gasteiger partial charge is 0.183 e. The molecule has 2 rings (SSSR count). The molecule has 0 amide bonds. The number of halogens is 1. The van der Waals surface area contributed by atoms with E-state index in [0.717, 1.165) is 0 Å². The molecule has 0 bridgehead atoms. The van der Waals surface area contributed by atoms with Gasteiger partial charge in [-0.2, -0.15) is 0 Å². The summed E-state index contributed by atoms with van der Waals surface area (Å²) in [6, 6.07) is 1.72. The van der Waals surface area contributed by atoms with Crippen LogP contribution in [0.25, 0.3) is 0 Å². The number of rotatable bonds is 2. The van der Waals surface area contributed by atoms with E-state index < -0.39 is 0 Å². The van der Waals surface area contributed by atoms with Gasteiger partial charge in [-0.05, 0) is 19.0 Å². The zero-order chi connectivity index (χ0) is 10.8. The van der Waals surface area contributed by atoms with E-state index in [9.17, 15) is 5.11 Å². The summed E-state index contributed by atoms with van der Waals surface area (Å²) in [7, 11) is 0. The van der Waals surface area contributed by atoms with Crippen LogP contribution in [-0.2, 0) is 6.42 Å². The van der Waals surface area contributed by atoms with E-state index in [4.69, 9.17) is 26.8 Å². The summed E-state index contributed by atoms with van der Waals surface area (Å²) in [6.07, 6.45) is 0.558. The van der Waals surface area contributed by atoms with Gasteiger partial charge < -0.3 is 20.3 Å². The quantitative estimate of drug-likeness (QED) is 0.803. The fourth-order valence-corrected chi connectivity index (χ4v) is 1.80. The molecular formula is C10H12ClNO3. The Labute approximate surface area is 92.5 Å². The summed E-state index contributed by atoms with van der Waals surface area (Å²) in [5, 5.41) is 9.97. The largest absolute Gasteiger partial charge is 0.506 e. The molecule has 1 aromatic carbocycles. The number of nitrogens with two attached hydrogens (primary N) is 1. The number of hydrogen-bond donors (Lipinski definition) is 2. The number of ether oxygens (including phenoxy) is 2. The predicted molar refractivity (Wildman–Crippen MR) is 56.9 cm³/mol. The highest BCUT2D eigenvalue weighted by Crippen LogP contribution is 2.44. The maximum atomic E-state index is 9.76. The van der Waals surface area contributed by atoms with Crippen LogP contribution in [0.4, 0.5) is 0 Å². The van der Waals surface area contributed by atoms with Gasteiger partial charge in [-0.1, -0.05) is 11.6 Å². The molecule has 0 atom stereocenters. The van der Waals surface area contributed by atoms with Crippen molar-refractivity contribution in [1.82, 2.24) is 0 Å². The Balaban J connectivity index is 2.47. The number of fused-ring (bicyclic) bond motifs is 1. The highest BCUT2D eigenvalue weighted by molar-refractivity contribution is 6.33. The minimum atomic E-state index is 0.0337. The summed E-state index contributed by atoms with van der Waals surface area (Å²) >= 11 is 5.96. The summed E-state index contributed by atoms with van der Waals surface area (Å²) in [5.41, 5.74) is 6.12. The van der Waals surface area contributed by atoms with Crippen LogP contribution < -0.4 is 15.2 Å². The summed E-state index contributed by atoms with van der Waals surface area (Å²) in [5.74, 6) is 1.03. The molecule has 1 heterocycles. The molecule has 1 aromatic rings. The molecule has 0 saturated heterocycles. The van der Waals surface area contributed by atoms with Crippen molar-refractivity contribution >= 4 is 11.6 Å². The van der Waals surface area contributed by atoms with E-state index in [1.807, 2.05) is 0 Å². The van der Waals surface area contributed by atoms with Crippen LogP contribution in [0.5, 0.6) is 17.2 Å². The molecule has 3 N–H and O–H groups in total. The average molecular weight is 230 g/mol. The monoisotopic (exact) mass is 229 g/mol. The fraction of sp³-hybridized carbons (Fsp3) is 0.400. The molecule has 0 unspecified atom stereocenters. The number of aromatic hydroxyl groups is 1. The first-order chi connectivity index (χ1) is 7.24. The Morgan fingerprint density at radius 3 is 2.87 bits per heavy atom. The first-order valence-electron chi connectivity index (χ1n) is 4.74. The molecule has 1 aliphatic rings. The Kier molecular flexibility index (Phi) is 2.88. The van der Waals surface area contributed by atoms with Crippen molar-refractivity contribution in [3.05, 3.63) is 16.7 Å². The average Bonchev–Trinajstić information content (AvgIpc) is 2.26. The minimum Gasteiger partial charge on any atom is -0.506 e. The van der Waals surface area contributed by atoms with Gasteiger partial charge in [0.1, 0.15) is 24.0 Å². The van der Waals surface area contributed by atoms with Crippen LogP contribution >= 0.6 is 11.6 Å². The number of phenols is 1. The molecule has 0 spiro atoms. The van der Waals surface area contributed by atoms with Gasteiger partial charge in [-0.3, -0.25) is 0 Å². The van der Waals surface area contributed by atoms with Crippen LogP contribution in [-0.4, -0.2) is 24.9 Å². The second-order valence-corrected chi connectivity index (χ2v) is 3.64. The third kappa shape index (κ3) is 1.82. The highest BCUT2D eigenvalue weighted by Gasteiger charge is 2.21. The Morgan fingerprint density at radius 1 is 1.40 bits per heavy atom. The fourth-order valence-electron chi connectivity index (χ4n) is 1.53. The molecular weight excluding hydrogens is 218 g/mol. The molecule has 0 radical (unpaired) electrons. The number of hydrogen-bond acceptors (Lipinski definition) is 4. The molecule has 82 valence electrons. The van der Waals surface area contributed by atoms with Crippen molar-refractivity contribution in [1.29, 1.82) is 0 Å². The third-order valence-corrected chi connectivity index (χ3v) is 2.59. The molecule has 0 aliphatic carbocycles. The van der Waals surface area contributed by atoms with Gasteiger partial charge in [-0.25, -0.2) is 0 Å². The van der Waals surface area contributed by atoms with Crippen molar-refractivity contribution in [2.24, 2.45) is 5.73 Å². The van der Waals surface area contributed by atoms with Gasteiger partial charge in [0.25, 0.3) is 0 Å². The van der Waals surface area contributed by atoms with E-state index in [0.29, 0.717) is 43.2 Å². The van der Waals surface area contributed by atoms with Crippen LogP contribution in [0.3, 0.4) is 0 Å². The SMILES string of the molecule is NCCc1cc2c(c(Cl)c1O)OCCO2. The van der Waals surface area contributed by atoms with Crippen molar-refractivity contribution < 1.29 is 14.6 Å². The summed E-state index contributed by atoms with van der Waals surface area (Å²) in [6.45, 7) is 1.39. The second-order valence-electron chi connectivity index (χ2n) is 3.26. The summed E-state index contributed by atoms with van der Waals surface area (Å²) < 4.78 is 10.7. The Bertz CT molecular complexity index is 381. The maximum absolute atomic E-state index is 9.76. The Hall–Kier alpha value is -1.13. The first-order valence-corrected chi connectivity index (χ1v) is 5.12. The lowest BCUT2D eigenvalue weighted by Gasteiger charge is -2.21. The van der Waals surface area contributed by atoms with Gasteiger partial charge in [-0.15, -0.1) is 0 Å². The van der Waals surface area contributed by atoms with E-state index in [1.54, 1.807) is 6.07 Å². The van der Waals surface area contributed by atoms with Crippen molar-refractivity contribution in [3.8, 4) is 17.2 Å². The minimum absolute atomic E-state index is 0.0337. The molecule has 1 aliphatic heterocycles. The molecule has 4 nitrogen and oxygen atoms in total. The van der Waals surface area contributed by atoms with E-state index >= 15 is 0 Å². The van der Waals surface area contributed by atoms with E-state index in [1.165, 1.54) is 0 Å². The van der Waals surface area contributed by atoms with Crippen LogP contribution in [0.2, 0.25) is 5.02 Å². The zero-order valence-corrected chi connectivity index (χ0v) is 8.88. The second kappa shape index (κ2) is 4.16. The normalized spacial score (nSPS) is 14.0. The number of phenolic OH excluding ortho intramolecular Hbond substituents is 1. The standard InChI is InChI=1S/C10H12ClNO3/c11-8-9(13)6(1-2-12)5-7-10(8)15-4-3-14-7/h5,13H,1-4,12H2. The lowest BCUT2D eigenvalue weighted by Crippen LogP contribution is -2.16. The lowest BCUT2D eigenvalue weighted by molar-refractivity contribution is 0.171. The molecule has 0 aromatic heterocycles. The van der Waals surface area contributed by atoms with Gasteiger partial charge in [0, 0.05) is 5.56 Å².